The number of carbonyl (C=O) groups is 3. The van der Waals surface area contributed by atoms with Crippen molar-refractivity contribution >= 4 is 17.9 Å². The summed E-state index contributed by atoms with van der Waals surface area (Å²) in [6, 6.07) is 3.01. The van der Waals surface area contributed by atoms with Crippen LogP contribution in [0.3, 0.4) is 0 Å². The molecule has 3 amide bonds. The van der Waals surface area contributed by atoms with Crippen LogP contribution in [0.5, 0.6) is 0 Å². The Kier molecular flexibility index (Phi) is 10.4. The third kappa shape index (κ3) is 8.35. The maximum Gasteiger partial charge on any atom is 0.408 e. The second-order valence-electron chi connectivity index (χ2n) is 9.79. The highest BCUT2D eigenvalue weighted by Gasteiger charge is 2.38. The van der Waals surface area contributed by atoms with E-state index in [0.29, 0.717) is 12.0 Å². The number of ether oxygens (including phenoxy) is 1. The third-order valence-corrected chi connectivity index (χ3v) is 5.30. The number of aliphatic hydroxyl groups is 1. The molecule has 3 unspecified atom stereocenters. The number of rotatable bonds is 9. The number of nitrogens with one attached hydrogen (secondary N) is 2. The Labute approximate surface area is 198 Å². The Morgan fingerprint density at radius 2 is 1.67 bits per heavy atom. The summed E-state index contributed by atoms with van der Waals surface area (Å²) in [6.45, 7) is 15.9. The summed E-state index contributed by atoms with van der Waals surface area (Å²) in [5, 5.41) is 15.3. The molecule has 0 saturated carbocycles. The van der Waals surface area contributed by atoms with Crippen LogP contribution >= 0.6 is 0 Å². The summed E-state index contributed by atoms with van der Waals surface area (Å²) in [7, 11) is 0. The van der Waals surface area contributed by atoms with E-state index in [1.165, 1.54) is 4.90 Å². The molecule has 33 heavy (non-hydrogen) atoms. The van der Waals surface area contributed by atoms with Gasteiger partial charge in [0.1, 0.15) is 17.7 Å². The number of aryl methyl sites for hydroxylation is 2. The van der Waals surface area contributed by atoms with Gasteiger partial charge < -0.3 is 25.4 Å². The van der Waals surface area contributed by atoms with Crippen LogP contribution in [-0.2, 0) is 14.3 Å². The van der Waals surface area contributed by atoms with E-state index in [1.54, 1.807) is 20.8 Å². The number of benzene rings is 1. The Morgan fingerprint density at radius 3 is 2.12 bits per heavy atom. The van der Waals surface area contributed by atoms with Crippen LogP contribution in [0.1, 0.15) is 77.6 Å². The molecule has 1 aromatic carbocycles. The van der Waals surface area contributed by atoms with Crippen molar-refractivity contribution in [1.29, 1.82) is 0 Å². The Bertz CT molecular complexity index is 832. The summed E-state index contributed by atoms with van der Waals surface area (Å²) < 4.78 is 5.25. The van der Waals surface area contributed by atoms with E-state index >= 15 is 0 Å². The van der Waals surface area contributed by atoms with Gasteiger partial charge in [0.15, 0.2) is 0 Å². The van der Waals surface area contributed by atoms with Gasteiger partial charge in [0.25, 0.3) is 0 Å². The summed E-state index contributed by atoms with van der Waals surface area (Å²) in [5.74, 6) is -0.879. The quantitative estimate of drug-likeness (QED) is 0.520. The minimum atomic E-state index is -1.25. The first-order valence-corrected chi connectivity index (χ1v) is 11.5. The molecule has 0 fully saturated rings. The fraction of sp³-hybridized carbons (Fsp3) is 0.640. The van der Waals surface area contributed by atoms with Crippen LogP contribution in [-0.4, -0.2) is 58.2 Å². The van der Waals surface area contributed by atoms with E-state index in [9.17, 15) is 19.5 Å². The van der Waals surface area contributed by atoms with Gasteiger partial charge in [-0.05, 0) is 78.5 Å². The number of nitrogens with zero attached hydrogens (tertiary/aromatic N) is 1. The molecular weight excluding hydrogens is 422 g/mol. The third-order valence-electron chi connectivity index (χ3n) is 5.30. The fourth-order valence-corrected chi connectivity index (χ4v) is 3.35. The molecule has 0 aliphatic heterocycles. The smallest absolute Gasteiger partial charge is 0.408 e. The largest absolute Gasteiger partial charge is 0.444 e. The molecule has 8 nitrogen and oxygen atoms in total. The Hall–Kier alpha value is -2.61. The molecule has 0 bridgehead atoms. The highest BCUT2D eigenvalue weighted by Crippen LogP contribution is 2.28. The van der Waals surface area contributed by atoms with Gasteiger partial charge in [-0.1, -0.05) is 25.1 Å². The number of carbonyl (C=O) groups excluding carboxylic acids is 3. The lowest BCUT2D eigenvalue weighted by molar-refractivity contribution is -0.146. The van der Waals surface area contributed by atoms with Crippen molar-refractivity contribution in [3.05, 3.63) is 34.9 Å². The van der Waals surface area contributed by atoms with Gasteiger partial charge in [0.2, 0.25) is 11.8 Å². The molecule has 0 spiro atoms. The zero-order chi connectivity index (χ0) is 25.5. The van der Waals surface area contributed by atoms with Crippen LogP contribution in [0.15, 0.2) is 18.2 Å². The second-order valence-corrected chi connectivity index (χ2v) is 9.79. The predicted molar refractivity (Wildman–Crippen MR) is 129 cm³/mol. The first-order valence-electron chi connectivity index (χ1n) is 11.5. The number of aliphatic hydroxyl groups excluding tert-OH is 1. The minimum Gasteiger partial charge on any atom is -0.444 e. The fourth-order valence-electron chi connectivity index (χ4n) is 3.35. The maximum atomic E-state index is 13.6. The number of alkyl carbamates (subject to hydrolysis) is 1. The molecule has 186 valence electrons. The van der Waals surface area contributed by atoms with E-state index in [2.05, 4.69) is 10.6 Å². The number of amides is 3. The summed E-state index contributed by atoms with van der Waals surface area (Å²) >= 11 is 0. The maximum absolute atomic E-state index is 13.6. The predicted octanol–water partition coefficient (Wildman–Crippen LogP) is 3.38. The van der Waals surface area contributed by atoms with Crippen molar-refractivity contribution in [3.63, 3.8) is 0 Å². The van der Waals surface area contributed by atoms with Gasteiger partial charge in [-0.25, -0.2) is 4.79 Å². The topological polar surface area (TPSA) is 108 Å². The molecule has 0 aliphatic rings. The van der Waals surface area contributed by atoms with Crippen LogP contribution in [0.4, 0.5) is 4.79 Å². The van der Waals surface area contributed by atoms with Crippen molar-refractivity contribution in [2.75, 3.05) is 6.61 Å². The summed E-state index contributed by atoms with van der Waals surface area (Å²) in [5.41, 5.74) is 1.97. The Balaban J connectivity index is 3.46. The molecule has 3 N–H and O–H groups in total. The van der Waals surface area contributed by atoms with Crippen LogP contribution < -0.4 is 10.6 Å². The number of hydrogen-bond acceptors (Lipinski definition) is 5. The molecule has 0 saturated heterocycles. The van der Waals surface area contributed by atoms with Gasteiger partial charge in [0.05, 0.1) is 6.61 Å². The summed E-state index contributed by atoms with van der Waals surface area (Å²) in [4.78, 5) is 40.8. The van der Waals surface area contributed by atoms with Crippen molar-refractivity contribution in [3.8, 4) is 0 Å². The van der Waals surface area contributed by atoms with Gasteiger partial charge in [-0.2, -0.15) is 0 Å². The van der Waals surface area contributed by atoms with Gasteiger partial charge in [-0.3, -0.25) is 9.59 Å². The molecule has 0 heterocycles. The lowest BCUT2D eigenvalue weighted by atomic mass is 9.96. The first kappa shape index (κ1) is 28.4. The average Bonchev–Trinajstić information content (AvgIpc) is 2.69. The second kappa shape index (κ2) is 12.0. The van der Waals surface area contributed by atoms with E-state index in [4.69, 9.17) is 4.74 Å². The van der Waals surface area contributed by atoms with E-state index in [-0.39, 0.29) is 18.0 Å². The van der Waals surface area contributed by atoms with Gasteiger partial charge in [0, 0.05) is 12.1 Å². The molecule has 8 heteroatoms. The average molecular weight is 464 g/mol. The standard InChI is InChI=1S/C25H41N3O5/c1-10-18(6)28(23(31)20(14-29)27-24(32)33-25(7,8)9)21(22(30)26-15(2)3)19-12-11-16(4)17(5)13-19/h11-13,15,18,20-21,29H,10,14H2,1-9H3,(H,26,30)(H,27,32). The molecular formula is C25H41N3O5. The zero-order valence-electron chi connectivity index (χ0n) is 21.5. The molecule has 0 aromatic heterocycles. The van der Waals surface area contributed by atoms with Crippen LogP contribution in [0.25, 0.3) is 0 Å². The van der Waals surface area contributed by atoms with Crippen molar-refractivity contribution in [2.24, 2.45) is 0 Å². The molecule has 3 atom stereocenters. The van der Waals surface area contributed by atoms with Crippen LogP contribution in [0.2, 0.25) is 0 Å². The monoisotopic (exact) mass is 463 g/mol. The molecule has 1 rings (SSSR count). The first-order chi connectivity index (χ1) is 15.2. The van der Waals surface area contributed by atoms with E-state index < -0.39 is 36.3 Å². The zero-order valence-corrected chi connectivity index (χ0v) is 21.5. The minimum absolute atomic E-state index is 0.131. The summed E-state index contributed by atoms with van der Waals surface area (Å²) in [6.07, 6.45) is -0.236. The van der Waals surface area contributed by atoms with Gasteiger partial charge >= 0.3 is 6.09 Å². The molecule has 1 aromatic rings. The van der Waals surface area contributed by atoms with E-state index in [1.807, 2.05) is 59.7 Å². The van der Waals surface area contributed by atoms with Crippen molar-refractivity contribution < 1.29 is 24.2 Å². The van der Waals surface area contributed by atoms with Gasteiger partial charge in [-0.15, -0.1) is 0 Å². The Morgan fingerprint density at radius 1 is 1.06 bits per heavy atom. The van der Waals surface area contributed by atoms with Crippen LogP contribution in [0, 0.1) is 13.8 Å². The highest BCUT2D eigenvalue weighted by atomic mass is 16.6. The lowest BCUT2D eigenvalue weighted by Crippen LogP contribution is -2.57. The van der Waals surface area contributed by atoms with Crippen molar-refractivity contribution in [1.82, 2.24) is 15.5 Å². The normalized spacial score (nSPS) is 14.3. The highest BCUT2D eigenvalue weighted by molar-refractivity contribution is 5.92. The van der Waals surface area contributed by atoms with Crippen molar-refractivity contribution in [2.45, 2.75) is 98.5 Å². The lowest BCUT2D eigenvalue weighted by Gasteiger charge is -2.38. The number of hydrogen-bond donors (Lipinski definition) is 3. The molecule has 0 aliphatic carbocycles. The van der Waals surface area contributed by atoms with E-state index in [0.717, 1.165) is 11.1 Å². The SMILES string of the molecule is CCC(C)N(C(=O)C(CO)NC(=O)OC(C)(C)C)C(C(=O)NC(C)C)c1ccc(C)c(C)c1. The molecule has 0 radical (unpaired) electrons.